The van der Waals surface area contributed by atoms with Gasteiger partial charge in [-0.1, -0.05) is 6.92 Å². The van der Waals surface area contributed by atoms with Crippen molar-refractivity contribution in [2.75, 3.05) is 44.5 Å². The maximum absolute atomic E-state index is 13.3. The molecule has 0 spiro atoms. The Morgan fingerprint density at radius 2 is 1.82 bits per heavy atom. The van der Waals surface area contributed by atoms with Crippen LogP contribution >= 0.6 is 0 Å². The number of urea groups is 1. The summed E-state index contributed by atoms with van der Waals surface area (Å²) in [7, 11) is 3.36. The number of anilines is 2. The van der Waals surface area contributed by atoms with E-state index in [1.165, 1.54) is 24.3 Å². The zero-order chi connectivity index (χ0) is 24.0. The molecule has 1 aliphatic rings. The van der Waals surface area contributed by atoms with E-state index in [1.807, 2.05) is 6.92 Å². The van der Waals surface area contributed by atoms with Gasteiger partial charge in [0.25, 0.3) is 5.91 Å². The summed E-state index contributed by atoms with van der Waals surface area (Å²) in [6.07, 6.45) is -0.134. The van der Waals surface area contributed by atoms with Crippen LogP contribution in [0.15, 0.2) is 42.5 Å². The molecule has 33 heavy (non-hydrogen) atoms. The van der Waals surface area contributed by atoms with Gasteiger partial charge in [-0.05, 0) is 55.3 Å². The first kappa shape index (κ1) is 24.5. The molecule has 0 unspecified atom stereocenters. The molecule has 0 aliphatic carbocycles. The summed E-state index contributed by atoms with van der Waals surface area (Å²) in [5.74, 6) is 0.00321. The van der Waals surface area contributed by atoms with Crippen LogP contribution in [0.25, 0.3) is 0 Å². The van der Waals surface area contributed by atoms with Gasteiger partial charge in [-0.15, -0.1) is 0 Å². The highest BCUT2D eigenvalue weighted by Crippen LogP contribution is 2.26. The summed E-state index contributed by atoms with van der Waals surface area (Å²) in [6.45, 7) is 5.63. The average Bonchev–Trinajstić information content (AvgIpc) is 2.80. The molecule has 9 heteroatoms. The predicted octanol–water partition coefficient (Wildman–Crippen LogP) is 3.56. The molecule has 3 N–H and O–H groups in total. The van der Waals surface area contributed by atoms with Gasteiger partial charge in [0.2, 0.25) is 0 Å². The van der Waals surface area contributed by atoms with Crippen molar-refractivity contribution in [3.05, 3.63) is 53.8 Å². The lowest BCUT2D eigenvalue weighted by atomic mass is 10.0. The van der Waals surface area contributed by atoms with Crippen molar-refractivity contribution in [1.82, 2.24) is 10.2 Å². The Labute approximate surface area is 193 Å². The van der Waals surface area contributed by atoms with Gasteiger partial charge in [0.1, 0.15) is 18.2 Å². The van der Waals surface area contributed by atoms with E-state index < -0.39 is 11.8 Å². The minimum absolute atomic E-state index is 0.0735. The van der Waals surface area contributed by atoms with Crippen molar-refractivity contribution in [3.63, 3.8) is 0 Å². The van der Waals surface area contributed by atoms with Crippen LogP contribution in [0.4, 0.5) is 20.6 Å². The summed E-state index contributed by atoms with van der Waals surface area (Å²) in [5, 5.41) is 8.77. The molecule has 2 aromatic carbocycles. The molecule has 3 rings (SSSR count). The number of carbonyl (C=O) groups excluding carboxylic acids is 2. The van der Waals surface area contributed by atoms with Gasteiger partial charge in [0.05, 0.1) is 11.7 Å². The second kappa shape index (κ2) is 11.1. The first-order valence-electron chi connectivity index (χ1n) is 10.9. The fourth-order valence-corrected chi connectivity index (χ4v) is 3.56. The Balaban J connectivity index is 1.81. The third-order valence-corrected chi connectivity index (χ3v) is 5.58. The number of likely N-dealkylation sites (N-methyl/N-ethyl adjacent to an activating group) is 1. The van der Waals surface area contributed by atoms with Crippen molar-refractivity contribution >= 4 is 23.3 Å². The smallest absolute Gasteiger partial charge is 0.323 e. The van der Waals surface area contributed by atoms with Crippen molar-refractivity contribution in [3.8, 4) is 5.75 Å². The molecule has 0 saturated heterocycles. The molecule has 3 atom stereocenters. The van der Waals surface area contributed by atoms with Crippen molar-refractivity contribution in [2.45, 2.75) is 26.0 Å². The van der Waals surface area contributed by atoms with Gasteiger partial charge in [-0.3, -0.25) is 4.79 Å². The second-order valence-electron chi connectivity index (χ2n) is 8.35. The van der Waals surface area contributed by atoms with Crippen LogP contribution in [0.2, 0.25) is 0 Å². The molecule has 8 nitrogen and oxygen atoms in total. The topological polar surface area (TPSA) is 91.9 Å². The molecule has 0 fully saturated rings. The molecule has 1 heterocycles. The zero-order valence-corrected chi connectivity index (χ0v) is 19.4. The minimum atomic E-state index is -0.512. The van der Waals surface area contributed by atoms with Crippen LogP contribution in [-0.4, -0.2) is 62.8 Å². The van der Waals surface area contributed by atoms with Crippen molar-refractivity contribution in [2.24, 2.45) is 5.92 Å². The number of nitrogens with one attached hydrogen (secondary N) is 3. The van der Waals surface area contributed by atoms with E-state index in [4.69, 9.17) is 9.47 Å². The van der Waals surface area contributed by atoms with Gasteiger partial charge in [0, 0.05) is 44.7 Å². The van der Waals surface area contributed by atoms with Gasteiger partial charge in [-0.25, -0.2) is 9.18 Å². The first-order chi connectivity index (χ1) is 15.8. The summed E-state index contributed by atoms with van der Waals surface area (Å²) >= 11 is 0. The molecular formula is C24H31FN4O4. The Bertz CT molecular complexity index is 969. The van der Waals surface area contributed by atoms with Gasteiger partial charge in [-0.2, -0.15) is 0 Å². The summed E-state index contributed by atoms with van der Waals surface area (Å²) in [6, 6.07) is 9.93. The van der Waals surface area contributed by atoms with E-state index in [9.17, 15) is 14.0 Å². The standard InChI is InChI=1S/C24H31FN4O4/c1-15-12-26-16(2)14-33-21-10-9-19(11-20(21)23(30)29(3)13-22(15)32-4)28-24(31)27-18-7-5-17(25)6-8-18/h5-11,15-16,22,26H,12-14H2,1-4H3,(H2,27,28,31)/t15-,16-,22-/m0/s1. The molecule has 0 aromatic heterocycles. The lowest BCUT2D eigenvalue weighted by molar-refractivity contribution is 0.0281. The third-order valence-electron chi connectivity index (χ3n) is 5.58. The van der Waals surface area contributed by atoms with E-state index in [0.717, 1.165) is 6.54 Å². The second-order valence-corrected chi connectivity index (χ2v) is 8.35. The fourth-order valence-electron chi connectivity index (χ4n) is 3.56. The monoisotopic (exact) mass is 458 g/mol. The molecule has 0 radical (unpaired) electrons. The molecule has 2 aromatic rings. The first-order valence-corrected chi connectivity index (χ1v) is 10.9. The highest BCUT2D eigenvalue weighted by Gasteiger charge is 2.25. The lowest BCUT2D eigenvalue weighted by Crippen LogP contribution is -2.44. The van der Waals surface area contributed by atoms with Crippen LogP contribution in [0.3, 0.4) is 0 Å². The number of carbonyl (C=O) groups is 2. The quantitative estimate of drug-likeness (QED) is 0.654. The number of hydrogen-bond donors (Lipinski definition) is 3. The normalized spacial score (nSPS) is 21.8. The molecule has 0 saturated carbocycles. The minimum Gasteiger partial charge on any atom is -0.491 e. The summed E-state index contributed by atoms with van der Waals surface area (Å²) in [5.41, 5.74) is 1.21. The van der Waals surface area contributed by atoms with Crippen LogP contribution in [-0.2, 0) is 4.74 Å². The van der Waals surface area contributed by atoms with Crippen LogP contribution in [0.1, 0.15) is 24.2 Å². The van der Waals surface area contributed by atoms with Crippen molar-refractivity contribution in [1.29, 1.82) is 0 Å². The lowest BCUT2D eigenvalue weighted by Gasteiger charge is -2.30. The number of nitrogens with zero attached hydrogens (tertiary/aromatic N) is 1. The maximum Gasteiger partial charge on any atom is 0.323 e. The molecule has 0 bridgehead atoms. The number of methoxy groups -OCH3 is 1. The molecular weight excluding hydrogens is 427 g/mol. The van der Waals surface area contributed by atoms with Gasteiger partial charge < -0.3 is 30.3 Å². The molecule has 178 valence electrons. The molecule has 1 aliphatic heterocycles. The Kier molecular flexibility index (Phi) is 8.24. The van der Waals surface area contributed by atoms with Crippen LogP contribution < -0.4 is 20.7 Å². The number of halogens is 1. The van der Waals surface area contributed by atoms with E-state index in [2.05, 4.69) is 22.9 Å². The third kappa shape index (κ3) is 6.66. The van der Waals surface area contributed by atoms with E-state index in [0.29, 0.717) is 35.8 Å². The molecule has 3 amide bonds. The Morgan fingerprint density at radius 1 is 1.15 bits per heavy atom. The Hall–Kier alpha value is -3.17. The largest absolute Gasteiger partial charge is 0.491 e. The number of benzene rings is 2. The number of amides is 3. The zero-order valence-electron chi connectivity index (χ0n) is 19.4. The van der Waals surface area contributed by atoms with E-state index in [-0.39, 0.29) is 24.0 Å². The van der Waals surface area contributed by atoms with E-state index >= 15 is 0 Å². The number of fused-ring (bicyclic) bond motifs is 1. The Morgan fingerprint density at radius 3 is 2.52 bits per heavy atom. The summed E-state index contributed by atoms with van der Waals surface area (Å²) < 4.78 is 24.6. The van der Waals surface area contributed by atoms with Gasteiger partial charge in [0.15, 0.2) is 0 Å². The number of rotatable bonds is 3. The SMILES string of the molecule is CO[C@H]1CN(C)C(=O)c2cc(NC(=O)Nc3ccc(F)cc3)ccc2OC[C@H](C)NC[C@@H]1C. The van der Waals surface area contributed by atoms with E-state index in [1.54, 1.807) is 37.3 Å². The number of ether oxygens (including phenoxy) is 2. The fraction of sp³-hybridized carbons (Fsp3) is 0.417. The van der Waals surface area contributed by atoms with Crippen LogP contribution in [0.5, 0.6) is 5.75 Å². The van der Waals surface area contributed by atoms with Crippen LogP contribution in [0, 0.1) is 11.7 Å². The predicted molar refractivity (Wildman–Crippen MR) is 125 cm³/mol. The highest BCUT2D eigenvalue weighted by molar-refractivity contribution is 6.02. The van der Waals surface area contributed by atoms with Gasteiger partial charge >= 0.3 is 6.03 Å². The maximum atomic E-state index is 13.3. The number of hydrogen-bond acceptors (Lipinski definition) is 5. The van der Waals surface area contributed by atoms with Crippen molar-refractivity contribution < 1.29 is 23.5 Å². The highest BCUT2D eigenvalue weighted by atomic mass is 19.1. The summed E-state index contributed by atoms with van der Waals surface area (Å²) in [4.78, 5) is 27.3. The average molecular weight is 459 g/mol.